The highest BCUT2D eigenvalue weighted by atomic mass is 32.1. The van der Waals surface area contributed by atoms with Crippen LogP contribution in [0.15, 0.2) is 6.20 Å². The van der Waals surface area contributed by atoms with Crippen molar-refractivity contribution in [3.8, 4) is 0 Å². The van der Waals surface area contributed by atoms with Crippen molar-refractivity contribution in [2.24, 2.45) is 0 Å². The van der Waals surface area contributed by atoms with Crippen LogP contribution in [-0.4, -0.2) is 0 Å². The molecule has 1 aromatic heterocycles. The first kappa shape index (κ1) is 11.7. The van der Waals surface area contributed by atoms with Crippen molar-refractivity contribution >= 4 is 11.5 Å². The Hall–Kier alpha value is -0.370. The Balaban J connectivity index is 3.19. The second-order valence-corrected chi connectivity index (χ2v) is 7.13. The molecule has 0 saturated carbocycles. The molecule has 0 amide bonds. The molecular weight excluding hydrogens is 190 g/mol. The smallest absolute Gasteiger partial charge is 0.136 e. The molecule has 1 nitrogen and oxygen atoms in total. The van der Waals surface area contributed by atoms with Gasteiger partial charge in [0, 0.05) is 26.3 Å². The lowest BCUT2D eigenvalue weighted by Crippen LogP contribution is -2.46. The maximum atomic E-state index is 2.35. The predicted octanol–water partition coefficient (Wildman–Crippen LogP) is 3.40. The van der Waals surface area contributed by atoms with Gasteiger partial charge >= 0.3 is 0 Å². The molecule has 0 atom stereocenters. The molecule has 0 aliphatic rings. The third-order valence-corrected chi connectivity index (χ3v) is 3.67. The Bertz CT molecular complexity index is 323. The third kappa shape index (κ3) is 2.35. The van der Waals surface area contributed by atoms with E-state index in [-0.39, 0.29) is 11.0 Å². The summed E-state index contributed by atoms with van der Waals surface area (Å²) >= 11 is 1.86. The van der Waals surface area contributed by atoms with Gasteiger partial charge in [0.1, 0.15) is 11.5 Å². The molecule has 1 rings (SSSR count). The zero-order valence-electron chi connectivity index (χ0n) is 10.4. The van der Waals surface area contributed by atoms with Crippen LogP contribution in [0.4, 0.5) is 0 Å². The number of aryl methyl sites for hydroxylation is 1. The lowest BCUT2D eigenvalue weighted by atomic mass is 9.88. The molecular formula is C12H22NS+. The SMILES string of the molecule is Cc1s[n+](C(C)(C)C)cc1C(C)(C)C. The van der Waals surface area contributed by atoms with Gasteiger partial charge in [-0.1, -0.05) is 20.8 Å². The van der Waals surface area contributed by atoms with E-state index in [4.69, 9.17) is 0 Å². The number of hydrogen-bond donors (Lipinski definition) is 0. The lowest BCUT2D eigenvalue weighted by molar-refractivity contribution is -0.692. The van der Waals surface area contributed by atoms with Gasteiger partial charge in [0.05, 0.1) is 4.88 Å². The summed E-state index contributed by atoms with van der Waals surface area (Å²) in [5.41, 5.74) is 1.94. The highest BCUT2D eigenvalue weighted by molar-refractivity contribution is 7.01. The maximum absolute atomic E-state index is 2.35. The molecule has 0 aliphatic carbocycles. The van der Waals surface area contributed by atoms with Crippen molar-refractivity contribution < 1.29 is 3.96 Å². The molecule has 1 aromatic rings. The van der Waals surface area contributed by atoms with Crippen LogP contribution >= 0.6 is 11.5 Å². The van der Waals surface area contributed by atoms with Crippen LogP contribution in [-0.2, 0) is 11.0 Å². The van der Waals surface area contributed by atoms with Gasteiger partial charge in [0.25, 0.3) is 0 Å². The number of rotatable bonds is 0. The zero-order valence-corrected chi connectivity index (χ0v) is 11.2. The molecule has 0 saturated heterocycles. The largest absolute Gasteiger partial charge is 0.188 e. The molecule has 0 N–H and O–H groups in total. The fourth-order valence-corrected chi connectivity index (χ4v) is 2.67. The molecule has 2 heteroatoms. The van der Waals surface area contributed by atoms with E-state index in [1.54, 1.807) is 0 Å². The average molecular weight is 212 g/mol. The second kappa shape index (κ2) is 3.34. The van der Waals surface area contributed by atoms with Crippen LogP contribution in [0, 0.1) is 6.92 Å². The Morgan fingerprint density at radius 3 is 1.79 bits per heavy atom. The number of hydrogen-bond acceptors (Lipinski definition) is 1. The minimum atomic E-state index is 0.207. The molecule has 0 aliphatic heterocycles. The van der Waals surface area contributed by atoms with E-state index in [0.717, 1.165) is 0 Å². The predicted molar refractivity (Wildman–Crippen MR) is 62.9 cm³/mol. The van der Waals surface area contributed by atoms with Crippen molar-refractivity contribution in [1.82, 2.24) is 0 Å². The van der Waals surface area contributed by atoms with Crippen molar-refractivity contribution in [2.45, 2.75) is 59.4 Å². The van der Waals surface area contributed by atoms with Gasteiger partial charge in [0.15, 0.2) is 11.7 Å². The van der Waals surface area contributed by atoms with Gasteiger partial charge in [0.2, 0.25) is 0 Å². The Kier molecular flexibility index (Phi) is 2.79. The Morgan fingerprint density at radius 2 is 1.57 bits per heavy atom. The normalized spacial score (nSPS) is 13.4. The molecule has 80 valence electrons. The topological polar surface area (TPSA) is 3.88 Å². The van der Waals surface area contributed by atoms with E-state index in [1.165, 1.54) is 10.4 Å². The van der Waals surface area contributed by atoms with Crippen LogP contribution in [0.1, 0.15) is 52.0 Å². The van der Waals surface area contributed by atoms with Crippen LogP contribution < -0.4 is 3.96 Å². The van der Waals surface area contributed by atoms with E-state index in [1.807, 2.05) is 11.5 Å². The summed E-state index contributed by atoms with van der Waals surface area (Å²) < 4.78 is 2.35. The van der Waals surface area contributed by atoms with Gasteiger partial charge < -0.3 is 0 Å². The van der Waals surface area contributed by atoms with E-state index in [0.29, 0.717) is 0 Å². The third-order valence-electron chi connectivity index (χ3n) is 2.33. The van der Waals surface area contributed by atoms with Gasteiger partial charge in [-0.25, -0.2) is 0 Å². The summed E-state index contributed by atoms with van der Waals surface area (Å²) in [6, 6.07) is 0. The quantitative estimate of drug-likeness (QED) is 0.580. The van der Waals surface area contributed by atoms with Crippen LogP contribution in [0.5, 0.6) is 0 Å². The monoisotopic (exact) mass is 212 g/mol. The van der Waals surface area contributed by atoms with Crippen molar-refractivity contribution in [2.75, 3.05) is 0 Å². The standard InChI is InChI=1S/C12H22NS/c1-9-10(11(2,3)4)8-13(14-9)12(5,6)7/h8H,1-7H3/q+1. The van der Waals surface area contributed by atoms with E-state index < -0.39 is 0 Å². The fraction of sp³-hybridized carbons (Fsp3) is 0.750. The second-order valence-electron chi connectivity index (χ2n) is 5.94. The van der Waals surface area contributed by atoms with Crippen LogP contribution in [0.2, 0.25) is 0 Å². The van der Waals surface area contributed by atoms with Gasteiger partial charge in [-0.15, -0.1) is 3.96 Å². The summed E-state index contributed by atoms with van der Waals surface area (Å²) in [5.74, 6) is 0. The highest BCUT2D eigenvalue weighted by Crippen LogP contribution is 2.27. The lowest BCUT2D eigenvalue weighted by Gasteiger charge is -2.15. The van der Waals surface area contributed by atoms with E-state index in [9.17, 15) is 0 Å². The molecule has 0 unspecified atom stereocenters. The van der Waals surface area contributed by atoms with Crippen molar-refractivity contribution in [3.63, 3.8) is 0 Å². The first-order valence-electron chi connectivity index (χ1n) is 5.16. The van der Waals surface area contributed by atoms with Crippen molar-refractivity contribution in [3.05, 3.63) is 16.6 Å². The molecule has 0 fully saturated rings. The van der Waals surface area contributed by atoms with E-state index >= 15 is 0 Å². The Labute approximate surface area is 91.9 Å². The minimum Gasteiger partial charge on any atom is -0.136 e. The summed E-state index contributed by atoms with van der Waals surface area (Å²) in [6.07, 6.45) is 2.31. The van der Waals surface area contributed by atoms with Gasteiger partial charge in [-0.2, -0.15) is 0 Å². The zero-order chi connectivity index (χ0) is 11.1. The van der Waals surface area contributed by atoms with Gasteiger partial charge in [-0.3, -0.25) is 0 Å². The molecule has 0 bridgehead atoms. The Morgan fingerprint density at radius 1 is 1.07 bits per heavy atom. The van der Waals surface area contributed by atoms with Crippen molar-refractivity contribution in [1.29, 1.82) is 0 Å². The van der Waals surface area contributed by atoms with Crippen LogP contribution in [0.25, 0.3) is 0 Å². The first-order valence-corrected chi connectivity index (χ1v) is 5.93. The molecule has 1 heterocycles. The summed E-state index contributed by atoms with van der Waals surface area (Å²) in [6.45, 7) is 15.8. The van der Waals surface area contributed by atoms with Gasteiger partial charge in [-0.05, 0) is 12.3 Å². The highest BCUT2D eigenvalue weighted by Gasteiger charge is 2.30. The summed E-state index contributed by atoms with van der Waals surface area (Å²) in [7, 11) is 0. The minimum absolute atomic E-state index is 0.207. The number of aromatic nitrogens is 1. The summed E-state index contributed by atoms with van der Waals surface area (Å²) in [5, 5.41) is 0. The fourth-order valence-electron chi connectivity index (χ4n) is 1.48. The molecule has 14 heavy (non-hydrogen) atoms. The molecule has 0 radical (unpaired) electrons. The maximum Gasteiger partial charge on any atom is 0.188 e. The first-order chi connectivity index (χ1) is 6.12. The molecule has 0 aromatic carbocycles. The number of nitrogens with zero attached hydrogens (tertiary/aromatic N) is 1. The summed E-state index contributed by atoms with van der Waals surface area (Å²) in [4.78, 5) is 1.44. The molecule has 0 spiro atoms. The van der Waals surface area contributed by atoms with Crippen LogP contribution in [0.3, 0.4) is 0 Å². The average Bonchev–Trinajstić information content (AvgIpc) is 2.27. The van der Waals surface area contributed by atoms with E-state index in [2.05, 4.69) is 58.6 Å².